The monoisotopic (exact) mass is 384 g/mol. The molecule has 5 heteroatoms. The van der Waals surface area contributed by atoms with Gasteiger partial charge in [-0.3, -0.25) is 9.59 Å². The summed E-state index contributed by atoms with van der Waals surface area (Å²) in [5, 5.41) is 0. The zero-order valence-electron chi connectivity index (χ0n) is 17.2. The summed E-state index contributed by atoms with van der Waals surface area (Å²) in [6.07, 6.45) is 7.48. The molecule has 0 N–H and O–H groups in total. The number of nitrogens with zero attached hydrogens (tertiary/aromatic N) is 2. The zero-order chi connectivity index (χ0) is 19.7. The molecule has 0 radical (unpaired) electrons. The van der Waals surface area contributed by atoms with Crippen LogP contribution in [-0.4, -0.2) is 54.9 Å². The first kappa shape index (κ1) is 19.3. The molecule has 0 bridgehead atoms. The molecule has 5 nitrogen and oxygen atoms in total. The molecule has 152 valence electrons. The number of methoxy groups -OCH3 is 1. The van der Waals surface area contributed by atoms with E-state index in [0.29, 0.717) is 18.2 Å². The van der Waals surface area contributed by atoms with Crippen molar-refractivity contribution in [2.45, 2.75) is 51.9 Å². The second-order valence-corrected chi connectivity index (χ2v) is 8.91. The van der Waals surface area contributed by atoms with Crippen molar-refractivity contribution >= 4 is 11.8 Å². The Balaban J connectivity index is 1.42. The van der Waals surface area contributed by atoms with Gasteiger partial charge in [0.15, 0.2) is 0 Å². The predicted octanol–water partition coefficient (Wildman–Crippen LogP) is 3.65. The van der Waals surface area contributed by atoms with Crippen molar-refractivity contribution in [1.82, 2.24) is 9.80 Å². The Bertz CT molecular complexity index is 750. The lowest BCUT2D eigenvalue weighted by atomic mass is 9.62. The third-order valence-electron chi connectivity index (χ3n) is 7.28. The molecule has 1 spiro atoms. The first-order valence-corrected chi connectivity index (χ1v) is 10.7. The number of aryl methyl sites for hydroxylation is 1. The largest absolute Gasteiger partial charge is 0.497 e. The molecule has 2 aliphatic heterocycles. The maximum Gasteiger partial charge on any atom is 0.254 e. The van der Waals surface area contributed by atoms with E-state index < -0.39 is 0 Å². The van der Waals surface area contributed by atoms with Crippen molar-refractivity contribution in [3.8, 4) is 5.75 Å². The van der Waals surface area contributed by atoms with E-state index >= 15 is 0 Å². The Morgan fingerprint density at radius 1 is 1.14 bits per heavy atom. The highest BCUT2D eigenvalue weighted by Crippen LogP contribution is 2.53. The number of likely N-dealkylation sites (tertiary alicyclic amines) is 2. The summed E-state index contributed by atoms with van der Waals surface area (Å²) >= 11 is 0. The minimum atomic E-state index is 0.125. The van der Waals surface area contributed by atoms with Crippen molar-refractivity contribution in [2.24, 2.45) is 11.3 Å². The molecule has 3 aliphatic rings. The minimum Gasteiger partial charge on any atom is -0.497 e. The quantitative estimate of drug-likeness (QED) is 0.779. The molecule has 1 unspecified atom stereocenters. The number of rotatable bonds is 5. The second-order valence-electron chi connectivity index (χ2n) is 8.91. The van der Waals surface area contributed by atoms with Crippen molar-refractivity contribution in [3.63, 3.8) is 0 Å². The smallest absolute Gasteiger partial charge is 0.254 e. The molecular weight excluding hydrogens is 352 g/mol. The fourth-order valence-corrected chi connectivity index (χ4v) is 5.38. The van der Waals surface area contributed by atoms with Crippen LogP contribution >= 0.6 is 0 Å². The average molecular weight is 385 g/mol. The molecule has 1 saturated carbocycles. The molecular formula is C23H32N2O3. The van der Waals surface area contributed by atoms with E-state index in [1.807, 2.05) is 34.9 Å². The van der Waals surface area contributed by atoms with Crippen LogP contribution in [0.5, 0.6) is 5.75 Å². The van der Waals surface area contributed by atoms with Crippen LogP contribution in [0.25, 0.3) is 0 Å². The van der Waals surface area contributed by atoms with Crippen LogP contribution in [0, 0.1) is 18.3 Å². The number of carbonyl (C=O) groups excluding carboxylic acids is 2. The molecule has 2 saturated heterocycles. The summed E-state index contributed by atoms with van der Waals surface area (Å²) in [6.45, 7) is 5.46. The van der Waals surface area contributed by atoms with Crippen molar-refractivity contribution in [1.29, 1.82) is 0 Å². The maximum atomic E-state index is 13.2. The summed E-state index contributed by atoms with van der Waals surface area (Å²) in [7, 11) is 1.64. The zero-order valence-corrected chi connectivity index (χ0v) is 17.2. The van der Waals surface area contributed by atoms with Crippen LogP contribution in [0.3, 0.4) is 0 Å². The summed E-state index contributed by atoms with van der Waals surface area (Å²) in [5.74, 6) is 1.67. The highest BCUT2D eigenvalue weighted by atomic mass is 16.5. The lowest BCUT2D eigenvalue weighted by Crippen LogP contribution is -2.39. The highest BCUT2D eigenvalue weighted by molar-refractivity contribution is 5.96. The van der Waals surface area contributed by atoms with Gasteiger partial charge in [-0.2, -0.15) is 0 Å². The van der Waals surface area contributed by atoms with E-state index in [1.54, 1.807) is 7.11 Å². The van der Waals surface area contributed by atoms with Crippen molar-refractivity contribution in [3.05, 3.63) is 29.3 Å². The van der Waals surface area contributed by atoms with Crippen LogP contribution in [0.2, 0.25) is 0 Å². The van der Waals surface area contributed by atoms with E-state index in [0.717, 1.165) is 62.3 Å². The van der Waals surface area contributed by atoms with Crippen molar-refractivity contribution in [2.75, 3.05) is 33.3 Å². The Morgan fingerprint density at radius 3 is 2.50 bits per heavy atom. The van der Waals surface area contributed by atoms with E-state index in [9.17, 15) is 9.59 Å². The number of hydrogen-bond acceptors (Lipinski definition) is 3. The number of carbonyl (C=O) groups is 2. The number of ether oxygens (including phenoxy) is 1. The van der Waals surface area contributed by atoms with E-state index in [1.165, 1.54) is 19.3 Å². The van der Waals surface area contributed by atoms with Crippen LogP contribution < -0.4 is 4.74 Å². The van der Waals surface area contributed by atoms with Gasteiger partial charge in [0.25, 0.3) is 5.91 Å². The standard InChI is InChI=1S/C23H32N2O3/c1-17-14-19(28-2)7-8-20(17)22(27)25-15-18(23(16-25)10-5-11-23)6-9-21(26)24-12-3-4-13-24/h7-8,14,18H,3-6,9-13,15-16H2,1-2H3. The van der Waals surface area contributed by atoms with Gasteiger partial charge in [-0.05, 0) is 74.1 Å². The molecule has 2 heterocycles. The third kappa shape index (κ3) is 3.51. The topological polar surface area (TPSA) is 49.9 Å². The van der Waals surface area contributed by atoms with Gasteiger partial charge in [0.05, 0.1) is 7.11 Å². The molecule has 1 atom stereocenters. The Kier molecular flexibility index (Phi) is 5.35. The first-order valence-electron chi connectivity index (χ1n) is 10.7. The Labute approximate surface area is 168 Å². The van der Waals surface area contributed by atoms with Gasteiger partial charge in [0.1, 0.15) is 5.75 Å². The Morgan fingerprint density at radius 2 is 1.89 bits per heavy atom. The molecule has 2 amide bonds. The molecule has 28 heavy (non-hydrogen) atoms. The normalized spacial score (nSPS) is 23.1. The highest BCUT2D eigenvalue weighted by Gasteiger charge is 2.51. The van der Waals surface area contributed by atoms with Crippen LogP contribution in [-0.2, 0) is 4.79 Å². The maximum absolute atomic E-state index is 13.2. The van der Waals surface area contributed by atoms with Crippen LogP contribution in [0.4, 0.5) is 0 Å². The van der Waals surface area contributed by atoms with Gasteiger partial charge >= 0.3 is 0 Å². The molecule has 4 rings (SSSR count). The lowest BCUT2D eigenvalue weighted by molar-refractivity contribution is -0.130. The van der Waals surface area contributed by atoms with Gasteiger partial charge in [-0.25, -0.2) is 0 Å². The van der Waals surface area contributed by atoms with E-state index in [4.69, 9.17) is 4.74 Å². The van der Waals surface area contributed by atoms with Gasteiger partial charge in [-0.15, -0.1) is 0 Å². The molecule has 0 aromatic heterocycles. The molecule has 1 aromatic carbocycles. The SMILES string of the molecule is COc1ccc(C(=O)N2CC(CCC(=O)N3CCCC3)C3(CCC3)C2)c(C)c1. The average Bonchev–Trinajstić information content (AvgIpc) is 3.33. The number of benzene rings is 1. The minimum absolute atomic E-state index is 0.125. The summed E-state index contributed by atoms with van der Waals surface area (Å²) in [4.78, 5) is 29.8. The fourth-order valence-electron chi connectivity index (χ4n) is 5.38. The van der Waals surface area contributed by atoms with Gasteiger partial charge in [0, 0.05) is 38.2 Å². The summed E-state index contributed by atoms with van der Waals surface area (Å²) in [6, 6.07) is 5.67. The number of amides is 2. The van der Waals surface area contributed by atoms with Crippen LogP contribution in [0.1, 0.15) is 60.9 Å². The van der Waals surface area contributed by atoms with Gasteiger partial charge < -0.3 is 14.5 Å². The summed E-state index contributed by atoms with van der Waals surface area (Å²) < 4.78 is 5.27. The second kappa shape index (κ2) is 7.76. The molecule has 1 aliphatic carbocycles. The fraction of sp³-hybridized carbons (Fsp3) is 0.652. The molecule has 1 aromatic rings. The first-order chi connectivity index (χ1) is 13.5. The van der Waals surface area contributed by atoms with Crippen LogP contribution in [0.15, 0.2) is 18.2 Å². The Hall–Kier alpha value is -2.04. The lowest BCUT2D eigenvalue weighted by Gasteiger charge is -2.43. The molecule has 3 fully saturated rings. The van der Waals surface area contributed by atoms with Gasteiger partial charge in [0.2, 0.25) is 5.91 Å². The summed E-state index contributed by atoms with van der Waals surface area (Å²) in [5.41, 5.74) is 1.98. The number of hydrogen-bond donors (Lipinski definition) is 0. The van der Waals surface area contributed by atoms with E-state index in [-0.39, 0.29) is 11.3 Å². The van der Waals surface area contributed by atoms with E-state index in [2.05, 4.69) is 0 Å². The third-order valence-corrected chi connectivity index (χ3v) is 7.28. The van der Waals surface area contributed by atoms with Crippen molar-refractivity contribution < 1.29 is 14.3 Å². The predicted molar refractivity (Wildman–Crippen MR) is 108 cm³/mol. The van der Waals surface area contributed by atoms with Gasteiger partial charge in [-0.1, -0.05) is 6.42 Å².